The number of aromatic nitrogens is 2. The van der Waals surface area contributed by atoms with Gasteiger partial charge in [-0.25, -0.2) is 0 Å². The molecule has 3 rings (SSSR count). The molecule has 0 radical (unpaired) electrons. The smallest absolute Gasteiger partial charge is 0.416 e. The highest BCUT2D eigenvalue weighted by Gasteiger charge is 2.35. The van der Waals surface area contributed by atoms with Crippen LogP contribution < -0.4 is 11.5 Å². The molecule has 4 N–H and O–H groups in total. The van der Waals surface area contributed by atoms with Crippen molar-refractivity contribution in [2.75, 3.05) is 6.54 Å². The number of primary amides is 1. The zero-order valence-electron chi connectivity index (χ0n) is 15.3. The second-order valence-electron chi connectivity index (χ2n) is 6.49. The van der Waals surface area contributed by atoms with Crippen molar-refractivity contribution in [3.63, 3.8) is 0 Å². The Labute approximate surface area is 169 Å². The number of hydrogen-bond acceptors (Lipinski definition) is 4. The van der Waals surface area contributed by atoms with Gasteiger partial charge >= 0.3 is 6.18 Å². The number of hydrogen-bond donors (Lipinski definition) is 2. The molecule has 1 aromatic carbocycles. The van der Waals surface area contributed by atoms with Gasteiger partial charge in [0.25, 0.3) is 5.91 Å². The van der Waals surface area contributed by atoms with E-state index in [0.717, 1.165) is 6.07 Å². The van der Waals surface area contributed by atoms with E-state index in [1.54, 1.807) is 13.1 Å². The molecule has 0 aliphatic heterocycles. The third kappa shape index (κ3) is 4.01. The minimum atomic E-state index is -4.53. The molecule has 2 aromatic heterocycles. The first-order valence-corrected chi connectivity index (χ1v) is 8.98. The van der Waals surface area contributed by atoms with Crippen LogP contribution in [0, 0.1) is 0 Å². The Kier molecular flexibility index (Phi) is 5.72. The van der Waals surface area contributed by atoms with Crippen LogP contribution in [-0.2, 0) is 19.6 Å². The van der Waals surface area contributed by atoms with Crippen LogP contribution in [0.1, 0.15) is 33.2 Å². The summed E-state index contributed by atoms with van der Waals surface area (Å²) in [5, 5.41) is 3.95. The zero-order chi connectivity index (χ0) is 21.3. The third-order valence-corrected chi connectivity index (χ3v) is 4.95. The summed E-state index contributed by atoms with van der Waals surface area (Å²) in [6, 6.07) is 6.84. The maximum absolute atomic E-state index is 13.4. The van der Waals surface area contributed by atoms with E-state index in [2.05, 4.69) is 5.10 Å². The summed E-state index contributed by atoms with van der Waals surface area (Å²) in [5.74, 6) is -1.83. The quantitative estimate of drug-likeness (QED) is 0.627. The van der Waals surface area contributed by atoms with Gasteiger partial charge in [0, 0.05) is 24.7 Å². The highest BCUT2D eigenvalue weighted by atomic mass is 35.5. The minimum absolute atomic E-state index is 0.0409. The lowest BCUT2D eigenvalue weighted by molar-refractivity contribution is -0.138. The molecular weight excluding hydrogens is 409 g/mol. The van der Waals surface area contributed by atoms with E-state index in [1.807, 2.05) is 0 Å². The average molecular weight is 427 g/mol. The van der Waals surface area contributed by atoms with Gasteiger partial charge in [0.1, 0.15) is 0 Å². The van der Waals surface area contributed by atoms with E-state index >= 15 is 0 Å². The first-order chi connectivity index (χ1) is 13.6. The Morgan fingerprint density at radius 3 is 2.55 bits per heavy atom. The Hall–Kier alpha value is -2.78. The van der Waals surface area contributed by atoms with Gasteiger partial charge < -0.3 is 15.9 Å². The molecule has 0 bridgehead atoms. The number of nitrogens with two attached hydrogens (primary N) is 2. The molecule has 29 heavy (non-hydrogen) atoms. The van der Waals surface area contributed by atoms with Gasteiger partial charge in [0.2, 0.25) is 5.22 Å². The number of carbonyl (C=O) groups excluding carboxylic acids is 1. The normalized spacial score (nSPS) is 12.9. The number of benzene rings is 1. The summed E-state index contributed by atoms with van der Waals surface area (Å²) < 4.78 is 47.1. The summed E-state index contributed by atoms with van der Waals surface area (Å²) in [6.07, 6.45) is -3.10. The number of halogens is 4. The second kappa shape index (κ2) is 7.92. The van der Waals surface area contributed by atoms with Crippen LogP contribution >= 0.6 is 11.6 Å². The molecule has 1 atom stereocenters. The molecule has 0 saturated carbocycles. The van der Waals surface area contributed by atoms with E-state index in [9.17, 15) is 18.0 Å². The monoisotopic (exact) mass is 426 g/mol. The highest BCUT2D eigenvalue weighted by molar-refractivity contribution is 6.32. The van der Waals surface area contributed by atoms with Crippen LogP contribution in [0.15, 0.2) is 40.9 Å². The molecule has 2 heterocycles. The van der Waals surface area contributed by atoms with Gasteiger partial charge in [0.05, 0.1) is 16.8 Å². The zero-order valence-corrected chi connectivity index (χ0v) is 16.1. The Bertz CT molecular complexity index is 1040. The van der Waals surface area contributed by atoms with Crippen molar-refractivity contribution in [1.29, 1.82) is 0 Å². The van der Waals surface area contributed by atoms with Crippen molar-refractivity contribution in [3.05, 3.63) is 64.2 Å². The fraction of sp³-hybridized carbons (Fsp3) is 0.263. The van der Waals surface area contributed by atoms with E-state index in [1.165, 1.54) is 29.1 Å². The Morgan fingerprint density at radius 1 is 1.31 bits per heavy atom. The molecule has 0 unspecified atom stereocenters. The summed E-state index contributed by atoms with van der Waals surface area (Å²) in [4.78, 5) is 12.0. The standard InChI is InChI=1S/C19H18ClF3N4O2/c1-27-13(6-7-26-27)15-14(16(18(25)28)29-17(15)20)11(9-24)8-10-4-2-3-5-12(10)19(21,22)23/h2-7,11H,8-9,24H2,1H3,(H2,25,28)/t11-/m1/s1. The molecule has 0 aliphatic rings. The number of alkyl halides is 3. The van der Waals surface area contributed by atoms with E-state index in [4.69, 9.17) is 27.5 Å². The fourth-order valence-corrected chi connectivity index (χ4v) is 3.66. The van der Waals surface area contributed by atoms with E-state index in [0.29, 0.717) is 11.3 Å². The predicted molar refractivity (Wildman–Crippen MR) is 101 cm³/mol. The van der Waals surface area contributed by atoms with Crippen LogP contribution in [0.5, 0.6) is 0 Å². The van der Waals surface area contributed by atoms with Crippen molar-refractivity contribution in [1.82, 2.24) is 9.78 Å². The van der Waals surface area contributed by atoms with Crippen LogP contribution in [0.2, 0.25) is 5.22 Å². The van der Waals surface area contributed by atoms with Crippen LogP contribution in [0.3, 0.4) is 0 Å². The van der Waals surface area contributed by atoms with Crippen LogP contribution in [0.4, 0.5) is 13.2 Å². The van der Waals surface area contributed by atoms with Crippen LogP contribution in [-0.4, -0.2) is 22.2 Å². The largest absolute Gasteiger partial charge is 0.438 e. The summed E-state index contributed by atoms with van der Waals surface area (Å²) in [6.45, 7) is -0.0623. The molecule has 1 amide bonds. The second-order valence-corrected chi connectivity index (χ2v) is 6.83. The Morgan fingerprint density at radius 2 is 2.00 bits per heavy atom. The van der Waals surface area contributed by atoms with E-state index < -0.39 is 23.6 Å². The number of carbonyl (C=O) groups is 1. The average Bonchev–Trinajstić information content (AvgIpc) is 3.21. The SMILES string of the molecule is Cn1nccc1-c1c(Cl)oc(C(N)=O)c1[C@@H](CN)Cc1ccccc1C(F)(F)F. The maximum Gasteiger partial charge on any atom is 0.416 e. The fourth-order valence-electron chi connectivity index (χ4n) is 3.39. The van der Waals surface area contributed by atoms with Crippen LogP contribution in [0.25, 0.3) is 11.3 Å². The highest BCUT2D eigenvalue weighted by Crippen LogP contribution is 2.42. The molecular formula is C19H18ClF3N4O2. The number of nitrogens with zero attached hydrogens (tertiary/aromatic N) is 2. The summed E-state index contributed by atoms with van der Waals surface area (Å²) >= 11 is 6.23. The van der Waals surface area contributed by atoms with Gasteiger partial charge in [-0.05, 0) is 42.3 Å². The van der Waals surface area contributed by atoms with E-state index in [-0.39, 0.29) is 35.1 Å². The molecule has 0 spiro atoms. The minimum Gasteiger partial charge on any atom is -0.438 e. The number of furan rings is 1. The molecule has 3 aromatic rings. The van der Waals surface area contributed by atoms with Gasteiger partial charge in [-0.2, -0.15) is 18.3 Å². The first kappa shape index (κ1) is 20.9. The molecule has 0 fully saturated rings. The Balaban J connectivity index is 2.16. The van der Waals surface area contributed by atoms with Crippen molar-refractivity contribution in [3.8, 4) is 11.3 Å². The molecule has 0 aliphatic carbocycles. The summed E-state index contributed by atoms with van der Waals surface area (Å²) in [7, 11) is 1.66. The third-order valence-electron chi connectivity index (χ3n) is 4.68. The predicted octanol–water partition coefficient (Wildman–Crippen LogP) is 3.74. The van der Waals surface area contributed by atoms with Gasteiger partial charge in [-0.3, -0.25) is 9.48 Å². The molecule has 0 saturated heterocycles. The van der Waals surface area contributed by atoms with Crippen molar-refractivity contribution in [2.45, 2.75) is 18.5 Å². The number of aryl methyl sites for hydroxylation is 1. The van der Waals surface area contributed by atoms with Gasteiger partial charge in [-0.1, -0.05) is 18.2 Å². The first-order valence-electron chi connectivity index (χ1n) is 8.60. The number of amides is 1. The maximum atomic E-state index is 13.4. The lowest BCUT2D eigenvalue weighted by atomic mass is 9.87. The van der Waals surface area contributed by atoms with Crippen molar-refractivity contribution < 1.29 is 22.4 Å². The molecule has 154 valence electrons. The van der Waals surface area contributed by atoms with Gasteiger partial charge in [0.15, 0.2) is 5.76 Å². The lowest BCUT2D eigenvalue weighted by Gasteiger charge is -2.19. The lowest BCUT2D eigenvalue weighted by Crippen LogP contribution is -2.22. The van der Waals surface area contributed by atoms with Crippen molar-refractivity contribution >= 4 is 17.5 Å². The molecule has 10 heteroatoms. The van der Waals surface area contributed by atoms with Crippen molar-refractivity contribution in [2.24, 2.45) is 18.5 Å². The number of rotatable bonds is 6. The molecule has 6 nitrogen and oxygen atoms in total. The topological polar surface area (TPSA) is 100 Å². The summed E-state index contributed by atoms with van der Waals surface area (Å²) in [5.41, 5.74) is 11.7. The van der Waals surface area contributed by atoms with Gasteiger partial charge in [-0.15, -0.1) is 0 Å².